The topological polar surface area (TPSA) is 37.3 Å². The van der Waals surface area contributed by atoms with Crippen LogP contribution in [0.5, 0.6) is 0 Å². The van der Waals surface area contributed by atoms with Gasteiger partial charge in [0.15, 0.2) is 0 Å². The lowest BCUT2D eigenvalue weighted by Crippen LogP contribution is -1.92. The normalized spacial score (nSPS) is 9.80. The summed E-state index contributed by atoms with van der Waals surface area (Å²) in [5.74, 6) is -0.994. The van der Waals surface area contributed by atoms with Crippen molar-refractivity contribution in [3.8, 4) is 0 Å². The Kier molecular flexibility index (Phi) is 2.33. The first-order valence-corrected chi connectivity index (χ1v) is 4.33. The highest BCUT2D eigenvalue weighted by Crippen LogP contribution is 2.32. The van der Waals surface area contributed by atoms with Crippen LogP contribution in [0.4, 0.5) is 0 Å². The van der Waals surface area contributed by atoms with Crippen LogP contribution in [0.3, 0.4) is 0 Å². The molecule has 1 aromatic rings. The zero-order valence-corrected chi connectivity index (χ0v) is 7.76. The molecule has 0 amide bonds. The fourth-order valence-electron chi connectivity index (χ4n) is 0.464. The Morgan fingerprint density at radius 2 is 2.40 bits per heavy atom. The van der Waals surface area contributed by atoms with Crippen molar-refractivity contribution in [3.63, 3.8) is 0 Å². The Morgan fingerprint density at radius 3 is 2.60 bits per heavy atom. The number of aromatic carboxylic acids is 1. The van der Waals surface area contributed by atoms with Crippen molar-refractivity contribution in [1.82, 2.24) is 0 Å². The van der Waals surface area contributed by atoms with Crippen molar-refractivity contribution >= 4 is 44.8 Å². The molecule has 10 heavy (non-hydrogen) atoms. The van der Waals surface area contributed by atoms with E-state index in [-0.39, 0.29) is 10.6 Å². The largest absolute Gasteiger partial charge is 0.478 e. The van der Waals surface area contributed by atoms with Gasteiger partial charge in [-0.2, -0.15) is 0 Å². The minimum atomic E-state index is -0.994. The summed E-state index contributed by atoms with van der Waals surface area (Å²) in [6.45, 7) is 0. The number of carboxylic acid groups (broad SMARTS) is 1. The van der Waals surface area contributed by atoms with E-state index in [0.717, 1.165) is 0 Å². The summed E-state index contributed by atoms with van der Waals surface area (Å²) in [5.41, 5.74) is 0.151. The molecule has 54 valence electrons. The molecule has 0 aromatic carbocycles. The highest BCUT2D eigenvalue weighted by molar-refractivity contribution is 9.11. The molecule has 1 aromatic heterocycles. The molecule has 0 saturated heterocycles. The molecule has 1 N–H and O–H groups in total. The third kappa shape index (κ3) is 1.33. The second-order valence-corrected chi connectivity index (χ2v) is 4.12. The summed E-state index contributed by atoms with van der Waals surface area (Å²) in [5, 5.41) is 10.3. The number of hydrogen-bond acceptors (Lipinski definition) is 2. The van der Waals surface area contributed by atoms with E-state index in [2.05, 4.69) is 15.9 Å². The van der Waals surface area contributed by atoms with Crippen molar-refractivity contribution < 1.29 is 9.90 Å². The van der Waals surface area contributed by atoms with Crippen molar-refractivity contribution in [2.75, 3.05) is 0 Å². The van der Waals surface area contributed by atoms with Crippen LogP contribution in [0.15, 0.2) is 9.17 Å². The number of carboxylic acids is 1. The predicted molar refractivity (Wildman–Crippen MR) is 44.0 cm³/mol. The Balaban J connectivity index is 3.17. The van der Waals surface area contributed by atoms with Crippen LogP contribution < -0.4 is 0 Å². The monoisotopic (exact) mass is 240 g/mol. The van der Waals surface area contributed by atoms with Gasteiger partial charge in [-0.25, -0.2) is 4.79 Å². The van der Waals surface area contributed by atoms with E-state index in [9.17, 15) is 4.79 Å². The standard InChI is InChI=1S/C5H2BrClO2S/c6-4-3(7)2(1-10-4)5(8)9/h1H,(H,8,9). The van der Waals surface area contributed by atoms with Crippen LogP contribution in [0.2, 0.25) is 5.02 Å². The highest BCUT2D eigenvalue weighted by atomic mass is 79.9. The molecule has 0 saturated carbocycles. The van der Waals surface area contributed by atoms with Gasteiger partial charge in [-0.05, 0) is 15.9 Å². The Hall–Kier alpha value is -0.0600. The minimum absolute atomic E-state index is 0.151. The Bertz CT molecular complexity index is 271. The van der Waals surface area contributed by atoms with Crippen molar-refractivity contribution in [2.45, 2.75) is 0 Å². The maximum atomic E-state index is 10.3. The van der Waals surface area contributed by atoms with E-state index in [0.29, 0.717) is 3.79 Å². The molecule has 1 heterocycles. The molecule has 0 atom stereocenters. The van der Waals surface area contributed by atoms with E-state index >= 15 is 0 Å². The number of thiophene rings is 1. The van der Waals surface area contributed by atoms with Gasteiger partial charge in [0.2, 0.25) is 0 Å². The van der Waals surface area contributed by atoms with E-state index in [1.807, 2.05) is 0 Å². The van der Waals surface area contributed by atoms with Gasteiger partial charge in [-0.3, -0.25) is 0 Å². The van der Waals surface area contributed by atoms with Crippen molar-refractivity contribution in [1.29, 1.82) is 0 Å². The maximum absolute atomic E-state index is 10.3. The molecular formula is C5H2BrClO2S. The third-order valence-corrected chi connectivity index (χ3v) is 3.37. The second-order valence-electron chi connectivity index (χ2n) is 1.54. The van der Waals surface area contributed by atoms with Crippen molar-refractivity contribution in [2.24, 2.45) is 0 Å². The number of carbonyl (C=O) groups is 1. The Labute approximate surface area is 74.6 Å². The summed E-state index contributed by atoms with van der Waals surface area (Å²) in [6, 6.07) is 0. The highest BCUT2D eigenvalue weighted by Gasteiger charge is 2.12. The minimum Gasteiger partial charge on any atom is -0.478 e. The number of hydrogen-bond donors (Lipinski definition) is 1. The molecule has 0 fully saturated rings. The van der Waals surface area contributed by atoms with Gasteiger partial charge in [0.05, 0.1) is 14.4 Å². The quantitative estimate of drug-likeness (QED) is 0.821. The molecule has 5 heteroatoms. The zero-order chi connectivity index (χ0) is 7.72. The Morgan fingerprint density at radius 1 is 1.80 bits per heavy atom. The van der Waals surface area contributed by atoms with Gasteiger partial charge < -0.3 is 5.11 Å². The average Bonchev–Trinajstić information content (AvgIpc) is 2.14. The molecule has 0 bridgehead atoms. The molecule has 0 aliphatic carbocycles. The number of rotatable bonds is 1. The molecule has 2 nitrogen and oxygen atoms in total. The maximum Gasteiger partial charge on any atom is 0.338 e. The molecule has 0 spiro atoms. The predicted octanol–water partition coefficient (Wildman–Crippen LogP) is 2.86. The summed E-state index contributed by atoms with van der Waals surface area (Å²) >= 11 is 9.96. The van der Waals surface area contributed by atoms with Gasteiger partial charge >= 0.3 is 5.97 Å². The summed E-state index contributed by atoms with van der Waals surface area (Å²) < 4.78 is 0.659. The van der Waals surface area contributed by atoms with Gasteiger partial charge in [0.1, 0.15) is 0 Å². The van der Waals surface area contributed by atoms with Gasteiger partial charge in [0, 0.05) is 5.38 Å². The van der Waals surface area contributed by atoms with Crippen LogP contribution in [-0.4, -0.2) is 11.1 Å². The number of halogens is 2. The van der Waals surface area contributed by atoms with Crippen LogP contribution in [-0.2, 0) is 0 Å². The summed E-state index contributed by atoms with van der Waals surface area (Å²) in [6.07, 6.45) is 0. The van der Waals surface area contributed by atoms with E-state index in [4.69, 9.17) is 16.7 Å². The smallest absolute Gasteiger partial charge is 0.338 e. The van der Waals surface area contributed by atoms with E-state index < -0.39 is 5.97 Å². The lowest BCUT2D eigenvalue weighted by Gasteiger charge is -1.86. The molecule has 0 radical (unpaired) electrons. The molecule has 0 aliphatic heterocycles. The summed E-state index contributed by atoms with van der Waals surface area (Å²) in [4.78, 5) is 10.3. The van der Waals surface area contributed by atoms with Crippen LogP contribution in [0, 0.1) is 0 Å². The lowest BCUT2D eigenvalue weighted by atomic mass is 10.3. The summed E-state index contributed by atoms with van der Waals surface area (Å²) in [7, 11) is 0. The molecule has 0 unspecified atom stereocenters. The second kappa shape index (κ2) is 2.90. The van der Waals surface area contributed by atoms with Crippen molar-refractivity contribution in [3.05, 3.63) is 19.8 Å². The SMILES string of the molecule is O=C(O)c1csc(Br)c1Cl. The molecular weight excluding hydrogens is 239 g/mol. The van der Waals surface area contributed by atoms with Crippen LogP contribution in [0.1, 0.15) is 10.4 Å². The first kappa shape index (κ1) is 8.04. The van der Waals surface area contributed by atoms with E-state index in [1.54, 1.807) is 0 Å². The first-order valence-electron chi connectivity index (χ1n) is 2.28. The fourth-order valence-corrected chi connectivity index (χ4v) is 1.95. The van der Waals surface area contributed by atoms with Gasteiger partial charge in [0.25, 0.3) is 0 Å². The van der Waals surface area contributed by atoms with Crippen LogP contribution in [0.25, 0.3) is 0 Å². The fraction of sp³-hybridized carbons (Fsp3) is 0. The first-order chi connectivity index (χ1) is 4.63. The van der Waals surface area contributed by atoms with Gasteiger partial charge in [-0.15, -0.1) is 11.3 Å². The lowest BCUT2D eigenvalue weighted by molar-refractivity contribution is 0.0697. The molecule has 1 rings (SSSR count). The van der Waals surface area contributed by atoms with E-state index in [1.165, 1.54) is 16.7 Å². The van der Waals surface area contributed by atoms with Crippen LogP contribution >= 0.6 is 38.9 Å². The van der Waals surface area contributed by atoms with Gasteiger partial charge in [-0.1, -0.05) is 11.6 Å². The third-order valence-electron chi connectivity index (χ3n) is 0.920. The average molecular weight is 241 g/mol. The zero-order valence-electron chi connectivity index (χ0n) is 4.60. The molecule has 0 aliphatic rings.